The van der Waals surface area contributed by atoms with E-state index in [0.717, 1.165) is 7.11 Å². The lowest BCUT2D eigenvalue weighted by Gasteiger charge is -2.13. The second-order valence-corrected chi connectivity index (χ2v) is 3.02. The van der Waals surface area contributed by atoms with Crippen LogP contribution in [0.2, 0.25) is 0 Å². The SMILES string of the molecule is COc1cc(C(F)(F)F)nc(C(F)F)c1C. The molecule has 0 amide bonds. The maximum atomic E-state index is 12.4. The summed E-state index contributed by atoms with van der Waals surface area (Å²) in [5, 5.41) is 0. The van der Waals surface area contributed by atoms with Crippen LogP contribution in [-0.4, -0.2) is 12.1 Å². The number of pyridine rings is 1. The summed E-state index contributed by atoms with van der Waals surface area (Å²) in [5.41, 5.74) is -2.39. The van der Waals surface area contributed by atoms with E-state index in [4.69, 9.17) is 0 Å². The van der Waals surface area contributed by atoms with Gasteiger partial charge in [-0.15, -0.1) is 0 Å². The molecule has 7 heteroatoms. The summed E-state index contributed by atoms with van der Waals surface area (Å²) < 4.78 is 66.4. The summed E-state index contributed by atoms with van der Waals surface area (Å²) >= 11 is 0. The number of hydrogen-bond donors (Lipinski definition) is 0. The maximum Gasteiger partial charge on any atom is 0.433 e. The number of aromatic nitrogens is 1. The van der Waals surface area contributed by atoms with E-state index in [0.29, 0.717) is 6.07 Å². The monoisotopic (exact) mass is 241 g/mol. The van der Waals surface area contributed by atoms with E-state index in [1.54, 1.807) is 0 Å². The van der Waals surface area contributed by atoms with Crippen molar-refractivity contribution in [1.82, 2.24) is 4.98 Å². The number of alkyl halides is 5. The molecule has 0 spiro atoms. The van der Waals surface area contributed by atoms with Gasteiger partial charge in [-0.05, 0) is 6.92 Å². The van der Waals surface area contributed by atoms with Crippen molar-refractivity contribution < 1.29 is 26.7 Å². The third-order valence-electron chi connectivity index (χ3n) is 1.98. The third-order valence-corrected chi connectivity index (χ3v) is 1.98. The van der Waals surface area contributed by atoms with Crippen molar-refractivity contribution in [3.63, 3.8) is 0 Å². The Morgan fingerprint density at radius 1 is 1.31 bits per heavy atom. The molecular formula is C9H8F5NO. The Kier molecular flexibility index (Phi) is 3.35. The van der Waals surface area contributed by atoms with Gasteiger partial charge in [0, 0.05) is 11.6 Å². The van der Waals surface area contributed by atoms with Crippen LogP contribution < -0.4 is 4.74 Å². The summed E-state index contributed by atoms with van der Waals surface area (Å²) in [7, 11) is 1.11. The van der Waals surface area contributed by atoms with E-state index in [-0.39, 0.29) is 11.3 Å². The van der Waals surface area contributed by atoms with E-state index in [2.05, 4.69) is 9.72 Å². The second-order valence-electron chi connectivity index (χ2n) is 3.02. The first-order chi connectivity index (χ1) is 7.27. The van der Waals surface area contributed by atoms with Gasteiger partial charge in [0.25, 0.3) is 6.43 Å². The molecule has 0 aliphatic carbocycles. The minimum Gasteiger partial charge on any atom is -0.496 e. The van der Waals surface area contributed by atoms with Gasteiger partial charge in [0.05, 0.1) is 7.11 Å². The molecule has 0 aliphatic rings. The van der Waals surface area contributed by atoms with Crippen LogP contribution in [0.4, 0.5) is 22.0 Å². The fraction of sp³-hybridized carbons (Fsp3) is 0.444. The predicted octanol–water partition coefficient (Wildman–Crippen LogP) is 3.36. The zero-order chi connectivity index (χ0) is 12.5. The molecule has 0 bridgehead atoms. The number of ether oxygens (including phenoxy) is 1. The Labute approximate surface area is 88.1 Å². The van der Waals surface area contributed by atoms with Gasteiger partial charge < -0.3 is 4.74 Å². The molecule has 0 aromatic carbocycles. The molecule has 0 saturated carbocycles. The summed E-state index contributed by atoms with van der Waals surface area (Å²) in [6, 6.07) is 0.598. The lowest BCUT2D eigenvalue weighted by Crippen LogP contribution is -2.11. The molecule has 0 fully saturated rings. The first kappa shape index (κ1) is 12.7. The van der Waals surface area contributed by atoms with Crippen LogP contribution in [0.3, 0.4) is 0 Å². The first-order valence-electron chi connectivity index (χ1n) is 4.18. The van der Waals surface area contributed by atoms with E-state index < -0.39 is 24.0 Å². The summed E-state index contributed by atoms with van der Waals surface area (Å²) in [6.07, 6.45) is -7.85. The van der Waals surface area contributed by atoms with Gasteiger partial charge in [-0.3, -0.25) is 0 Å². The van der Waals surface area contributed by atoms with E-state index >= 15 is 0 Å². The van der Waals surface area contributed by atoms with Gasteiger partial charge in [0.1, 0.15) is 17.1 Å². The molecule has 0 unspecified atom stereocenters. The summed E-state index contributed by atoms with van der Waals surface area (Å²) in [4.78, 5) is 2.90. The van der Waals surface area contributed by atoms with Crippen molar-refractivity contribution in [3.05, 3.63) is 23.0 Å². The van der Waals surface area contributed by atoms with E-state index in [9.17, 15) is 22.0 Å². The van der Waals surface area contributed by atoms with Crippen LogP contribution >= 0.6 is 0 Å². The Morgan fingerprint density at radius 2 is 1.88 bits per heavy atom. The number of rotatable bonds is 2. The van der Waals surface area contributed by atoms with Crippen LogP contribution in [-0.2, 0) is 6.18 Å². The highest BCUT2D eigenvalue weighted by molar-refractivity contribution is 5.38. The zero-order valence-electron chi connectivity index (χ0n) is 8.40. The van der Waals surface area contributed by atoms with Gasteiger partial charge >= 0.3 is 6.18 Å². The lowest BCUT2D eigenvalue weighted by molar-refractivity contribution is -0.141. The molecule has 0 saturated heterocycles. The first-order valence-corrected chi connectivity index (χ1v) is 4.18. The molecule has 0 aliphatic heterocycles. The predicted molar refractivity (Wildman–Crippen MR) is 45.5 cm³/mol. The van der Waals surface area contributed by atoms with Crippen LogP contribution in [0.1, 0.15) is 23.4 Å². The zero-order valence-corrected chi connectivity index (χ0v) is 8.40. The average molecular weight is 241 g/mol. The average Bonchev–Trinajstić information content (AvgIpc) is 2.15. The smallest absolute Gasteiger partial charge is 0.433 e. The fourth-order valence-electron chi connectivity index (χ4n) is 1.17. The normalized spacial score (nSPS) is 12.0. The fourth-order valence-corrected chi connectivity index (χ4v) is 1.17. The molecular weight excluding hydrogens is 233 g/mol. The highest BCUT2D eigenvalue weighted by Gasteiger charge is 2.35. The molecule has 1 aromatic heterocycles. The van der Waals surface area contributed by atoms with Crippen LogP contribution in [0.5, 0.6) is 5.75 Å². The molecule has 0 N–H and O–H groups in total. The Balaban J connectivity index is 3.40. The summed E-state index contributed by atoms with van der Waals surface area (Å²) in [6.45, 7) is 1.23. The Morgan fingerprint density at radius 3 is 2.25 bits per heavy atom. The topological polar surface area (TPSA) is 22.1 Å². The van der Waals surface area contributed by atoms with E-state index in [1.165, 1.54) is 6.92 Å². The standard InChI is InChI=1S/C9H8F5NO/c1-4-5(16-2)3-6(9(12,13)14)15-7(4)8(10)11/h3,8H,1-2H3. The van der Waals surface area contributed by atoms with Crippen LogP contribution in [0.15, 0.2) is 6.07 Å². The van der Waals surface area contributed by atoms with Gasteiger partial charge in [-0.25, -0.2) is 13.8 Å². The van der Waals surface area contributed by atoms with Crippen LogP contribution in [0.25, 0.3) is 0 Å². The third kappa shape index (κ3) is 2.40. The minimum atomic E-state index is -4.77. The van der Waals surface area contributed by atoms with Crippen molar-refractivity contribution in [2.45, 2.75) is 19.5 Å². The van der Waals surface area contributed by atoms with Crippen molar-refractivity contribution >= 4 is 0 Å². The van der Waals surface area contributed by atoms with Crippen molar-refractivity contribution in [3.8, 4) is 5.75 Å². The number of halogens is 5. The van der Waals surface area contributed by atoms with Gasteiger partial charge in [0.2, 0.25) is 0 Å². The van der Waals surface area contributed by atoms with Crippen molar-refractivity contribution in [1.29, 1.82) is 0 Å². The molecule has 2 nitrogen and oxygen atoms in total. The van der Waals surface area contributed by atoms with Crippen LogP contribution in [0, 0.1) is 6.92 Å². The van der Waals surface area contributed by atoms with Crippen molar-refractivity contribution in [2.75, 3.05) is 7.11 Å². The number of methoxy groups -OCH3 is 1. The largest absolute Gasteiger partial charge is 0.496 e. The van der Waals surface area contributed by atoms with Gasteiger partial charge in [-0.1, -0.05) is 0 Å². The molecule has 0 atom stereocenters. The molecule has 1 aromatic rings. The van der Waals surface area contributed by atoms with Gasteiger partial charge in [0.15, 0.2) is 0 Å². The molecule has 1 rings (SSSR count). The van der Waals surface area contributed by atoms with Gasteiger partial charge in [-0.2, -0.15) is 13.2 Å². The lowest BCUT2D eigenvalue weighted by atomic mass is 10.1. The quantitative estimate of drug-likeness (QED) is 0.740. The Hall–Kier alpha value is -1.40. The highest BCUT2D eigenvalue weighted by atomic mass is 19.4. The second kappa shape index (κ2) is 4.23. The van der Waals surface area contributed by atoms with E-state index in [1.807, 2.05) is 0 Å². The molecule has 16 heavy (non-hydrogen) atoms. The molecule has 0 radical (unpaired) electrons. The van der Waals surface area contributed by atoms with Crippen molar-refractivity contribution in [2.24, 2.45) is 0 Å². The molecule has 1 heterocycles. The molecule has 90 valence electrons. The Bertz CT molecular complexity index is 388. The highest BCUT2D eigenvalue weighted by Crippen LogP contribution is 2.35. The number of hydrogen-bond acceptors (Lipinski definition) is 2. The minimum absolute atomic E-state index is 0.0921. The summed E-state index contributed by atoms with van der Waals surface area (Å²) in [5.74, 6) is -0.252. The maximum absolute atomic E-state index is 12.4. The number of nitrogens with zero attached hydrogens (tertiary/aromatic N) is 1.